The molecule has 0 spiro atoms. The molecule has 5 nitrogen and oxygen atoms in total. The lowest BCUT2D eigenvalue weighted by molar-refractivity contribution is -0.192. The van der Waals surface area contributed by atoms with E-state index in [4.69, 9.17) is 9.90 Å². The smallest absolute Gasteiger partial charge is 0.475 e. The molecule has 0 aliphatic carbocycles. The second kappa shape index (κ2) is 5.99. The molecule has 0 radical (unpaired) electrons. The Kier molecular flexibility index (Phi) is 4.86. The van der Waals surface area contributed by atoms with Gasteiger partial charge in [0.25, 0.3) is 5.56 Å². The Bertz CT molecular complexity index is 654. The van der Waals surface area contributed by atoms with Crippen LogP contribution in [0.15, 0.2) is 29.5 Å². The molecule has 0 unspecified atom stereocenters. The Labute approximate surface area is 117 Å². The van der Waals surface area contributed by atoms with Crippen LogP contribution >= 0.6 is 22.6 Å². The third kappa shape index (κ3) is 4.19. The van der Waals surface area contributed by atoms with Crippen molar-refractivity contribution < 1.29 is 23.1 Å². The summed E-state index contributed by atoms with van der Waals surface area (Å²) < 4.78 is 32.7. The van der Waals surface area contributed by atoms with Crippen LogP contribution in [-0.4, -0.2) is 27.2 Å². The highest BCUT2D eigenvalue weighted by atomic mass is 127. The lowest BCUT2D eigenvalue weighted by Crippen LogP contribution is -2.21. The molecule has 2 aromatic rings. The minimum Gasteiger partial charge on any atom is -0.475 e. The van der Waals surface area contributed by atoms with Crippen LogP contribution < -0.4 is 5.56 Å². The number of carboxylic acids is 1. The van der Waals surface area contributed by atoms with Gasteiger partial charge in [-0.25, -0.2) is 4.79 Å². The first-order valence-electron chi connectivity index (χ1n) is 4.64. The molecule has 2 aromatic heterocycles. The zero-order valence-electron chi connectivity index (χ0n) is 9.03. The van der Waals surface area contributed by atoms with Gasteiger partial charge in [0.1, 0.15) is 0 Å². The molecule has 0 amide bonds. The summed E-state index contributed by atoms with van der Waals surface area (Å²) >= 11 is 2.16. The summed E-state index contributed by atoms with van der Waals surface area (Å²) in [6, 6.07) is 1.72. The first-order valence-corrected chi connectivity index (χ1v) is 5.72. The van der Waals surface area contributed by atoms with Crippen LogP contribution in [0.2, 0.25) is 0 Å². The third-order valence-corrected chi connectivity index (χ3v) is 2.79. The summed E-state index contributed by atoms with van der Waals surface area (Å²) in [5, 5.41) is 8.72. The fourth-order valence-corrected chi connectivity index (χ4v) is 1.65. The molecule has 19 heavy (non-hydrogen) atoms. The van der Waals surface area contributed by atoms with E-state index >= 15 is 0 Å². The van der Waals surface area contributed by atoms with Gasteiger partial charge in [0.15, 0.2) is 0 Å². The Morgan fingerprint density at radius 3 is 2.42 bits per heavy atom. The first-order chi connectivity index (χ1) is 8.73. The van der Waals surface area contributed by atoms with E-state index in [-0.39, 0.29) is 5.56 Å². The second-order valence-corrected chi connectivity index (χ2v) is 4.35. The van der Waals surface area contributed by atoms with Gasteiger partial charge in [-0.3, -0.25) is 9.78 Å². The van der Waals surface area contributed by atoms with E-state index in [2.05, 4.69) is 32.6 Å². The molecule has 0 atom stereocenters. The van der Waals surface area contributed by atoms with Crippen molar-refractivity contribution in [1.82, 2.24) is 9.97 Å². The lowest BCUT2D eigenvalue weighted by Gasteiger charge is -1.96. The third-order valence-electron chi connectivity index (χ3n) is 1.90. The maximum atomic E-state index is 11.2. The van der Waals surface area contributed by atoms with Gasteiger partial charge in [-0.1, -0.05) is 0 Å². The molecule has 0 fully saturated rings. The number of nitrogens with zero attached hydrogens (tertiary/aromatic N) is 1. The summed E-state index contributed by atoms with van der Waals surface area (Å²) in [6.07, 6.45) is -0.0765. The standard InChI is InChI=1S/C8H5IN2O.C2HF3O2/c9-7-4-11-8(12)5-1-2-10-3-6(5)7;3-2(4,5)1(6)7/h1-4H,(H,11,12);(H,6,7). The molecule has 2 heterocycles. The van der Waals surface area contributed by atoms with Crippen LogP contribution in [0, 0.1) is 3.57 Å². The number of rotatable bonds is 0. The molecule has 0 saturated heterocycles. The Morgan fingerprint density at radius 1 is 1.37 bits per heavy atom. The van der Waals surface area contributed by atoms with Crippen molar-refractivity contribution in [2.24, 2.45) is 0 Å². The van der Waals surface area contributed by atoms with Gasteiger partial charge in [-0.05, 0) is 28.7 Å². The van der Waals surface area contributed by atoms with Crippen LogP contribution in [0.4, 0.5) is 13.2 Å². The summed E-state index contributed by atoms with van der Waals surface area (Å²) in [7, 11) is 0. The van der Waals surface area contributed by atoms with Crippen molar-refractivity contribution in [3.63, 3.8) is 0 Å². The van der Waals surface area contributed by atoms with Crippen molar-refractivity contribution in [1.29, 1.82) is 0 Å². The van der Waals surface area contributed by atoms with Crippen molar-refractivity contribution >= 4 is 39.3 Å². The second-order valence-electron chi connectivity index (χ2n) is 3.19. The zero-order chi connectivity index (χ0) is 14.6. The molecule has 102 valence electrons. The Hall–Kier alpha value is -1.65. The molecule has 0 saturated carbocycles. The number of aliphatic carboxylic acids is 1. The van der Waals surface area contributed by atoms with Gasteiger partial charge in [0.05, 0.1) is 5.39 Å². The highest BCUT2D eigenvalue weighted by Gasteiger charge is 2.38. The van der Waals surface area contributed by atoms with E-state index in [1.165, 1.54) is 0 Å². The van der Waals surface area contributed by atoms with Gasteiger partial charge >= 0.3 is 12.1 Å². The SMILES string of the molecule is O=C(O)C(F)(F)F.O=c1[nH]cc(I)c2cnccc12. The molecule has 9 heteroatoms. The zero-order valence-corrected chi connectivity index (χ0v) is 11.2. The first kappa shape index (κ1) is 15.4. The number of alkyl halides is 3. The number of hydrogen-bond acceptors (Lipinski definition) is 3. The number of carbonyl (C=O) groups is 1. The Morgan fingerprint density at radius 2 is 1.95 bits per heavy atom. The van der Waals surface area contributed by atoms with E-state index in [1.54, 1.807) is 24.7 Å². The predicted molar refractivity (Wildman–Crippen MR) is 68.8 cm³/mol. The fraction of sp³-hybridized carbons (Fsp3) is 0.100. The van der Waals surface area contributed by atoms with E-state index in [0.717, 1.165) is 8.96 Å². The number of aromatic amines is 1. The number of halogens is 4. The summed E-state index contributed by atoms with van der Waals surface area (Å²) in [4.78, 5) is 26.7. The van der Waals surface area contributed by atoms with Crippen LogP contribution in [0.25, 0.3) is 10.8 Å². The normalized spacial score (nSPS) is 10.7. The summed E-state index contributed by atoms with van der Waals surface area (Å²) in [5.74, 6) is -2.76. The number of carboxylic acid groups (broad SMARTS) is 1. The molecule has 0 aliphatic heterocycles. The molecule has 0 aromatic carbocycles. The summed E-state index contributed by atoms with van der Waals surface area (Å²) in [6.45, 7) is 0. The number of aromatic nitrogens is 2. The van der Waals surface area contributed by atoms with Gasteiger partial charge in [-0.15, -0.1) is 0 Å². The molecular weight excluding hydrogens is 380 g/mol. The molecular formula is C10H6F3IN2O3. The lowest BCUT2D eigenvalue weighted by atomic mass is 10.2. The van der Waals surface area contributed by atoms with E-state index in [9.17, 15) is 18.0 Å². The number of fused-ring (bicyclic) bond motifs is 1. The largest absolute Gasteiger partial charge is 0.490 e. The molecule has 0 aliphatic rings. The average molecular weight is 386 g/mol. The number of nitrogens with one attached hydrogen (secondary N) is 1. The van der Waals surface area contributed by atoms with E-state index in [1.807, 2.05) is 0 Å². The van der Waals surface area contributed by atoms with Crippen LogP contribution in [0.1, 0.15) is 0 Å². The topological polar surface area (TPSA) is 83.0 Å². The van der Waals surface area contributed by atoms with Crippen molar-refractivity contribution in [3.8, 4) is 0 Å². The molecule has 2 rings (SSSR count). The van der Waals surface area contributed by atoms with Crippen molar-refractivity contribution in [3.05, 3.63) is 38.6 Å². The summed E-state index contributed by atoms with van der Waals surface area (Å²) in [5.41, 5.74) is -0.0622. The monoisotopic (exact) mass is 386 g/mol. The molecule has 0 bridgehead atoms. The maximum absolute atomic E-state index is 11.2. The highest BCUT2D eigenvalue weighted by molar-refractivity contribution is 14.1. The number of H-pyrrole nitrogens is 1. The highest BCUT2D eigenvalue weighted by Crippen LogP contribution is 2.14. The quantitative estimate of drug-likeness (QED) is 0.680. The predicted octanol–water partition coefficient (Wildman–Crippen LogP) is 2.16. The molecule has 2 N–H and O–H groups in total. The van der Waals surface area contributed by atoms with Gasteiger partial charge in [0, 0.05) is 27.5 Å². The van der Waals surface area contributed by atoms with E-state index < -0.39 is 12.1 Å². The van der Waals surface area contributed by atoms with E-state index in [0.29, 0.717) is 5.39 Å². The number of hydrogen-bond donors (Lipinski definition) is 2. The van der Waals surface area contributed by atoms with Gasteiger partial charge in [0.2, 0.25) is 0 Å². The average Bonchev–Trinajstić information content (AvgIpc) is 2.34. The van der Waals surface area contributed by atoms with Crippen LogP contribution in [0.5, 0.6) is 0 Å². The van der Waals surface area contributed by atoms with Gasteiger partial charge < -0.3 is 10.1 Å². The number of pyridine rings is 2. The van der Waals surface area contributed by atoms with Gasteiger partial charge in [-0.2, -0.15) is 13.2 Å². The van der Waals surface area contributed by atoms with Crippen molar-refractivity contribution in [2.45, 2.75) is 6.18 Å². The maximum Gasteiger partial charge on any atom is 0.490 e. The van der Waals surface area contributed by atoms with Crippen LogP contribution in [0.3, 0.4) is 0 Å². The minimum atomic E-state index is -5.08. The fourth-order valence-electron chi connectivity index (χ4n) is 1.07. The Balaban J connectivity index is 0.000000224. The minimum absolute atomic E-state index is 0.0622. The van der Waals surface area contributed by atoms with Crippen molar-refractivity contribution in [2.75, 3.05) is 0 Å². The van der Waals surface area contributed by atoms with Crippen LogP contribution in [-0.2, 0) is 4.79 Å².